The van der Waals surface area contributed by atoms with Gasteiger partial charge in [0.2, 0.25) is 0 Å². The lowest BCUT2D eigenvalue weighted by Crippen LogP contribution is -2.02. The molecule has 1 aromatic carbocycles. The largest absolute Gasteiger partial charge is 0.326 e. The summed E-state index contributed by atoms with van der Waals surface area (Å²) in [5.74, 6) is 0. The highest BCUT2D eigenvalue weighted by Crippen LogP contribution is 2.17. The van der Waals surface area contributed by atoms with E-state index in [0.717, 1.165) is 22.6 Å². The van der Waals surface area contributed by atoms with Crippen LogP contribution in [0.5, 0.6) is 0 Å². The number of nitrogens with two attached hydrogens (primary N) is 1. The Labute approximate surface area is 95.9 Å². The van der Waals surface area contributed by atoms with Gasteiger partial charge in [0.15, 0.2) is 0 Å². The number of aromatic nitrogens is 2. The summed E-state index contributed by atoms with van der Waals surface area (Å²) in [7, 11) is 0. The van der Waals surface area contributed by atoms with Gasteiger partial charge in [0.25, 0.3) is 0 Å². The lowest BCUT2D eigenvalue weighted by atomic mass is 10.2. The molecule has 0 bridgehead atoms. The molecule has 2 N–H and O–H groups in total. The van der Waals surface area contributed by atoms with Gasteiger partial charge in [-0.2, -0.15) is 5.10 Å². The second-order valence-electron chi connectivity index (χ2n) is 4.10. The van der Waals surface area contributed by atoms with Crippen molar-refractivity contribution in [2.24, 2.45) is 5.73 Å². The van der Waals surface area contributed by atoms with Crippen LogP contribution in [0, 0.1) is 20.8 Å². The molecule has 1 heterocycles. The molecule has 0 saturated carbocycles. The molecule has 0 fully saturated rings. The molecular weight excluding hydrogens is 198 g/mol. The summed E-state index contributed by atoms with van der Waals surface area (Å²) in [6.07, 6.45) is 0. The lowest BCUT2D eigenvalue weighted by molar-refractivity contribution is 0.831. The van der Waals surface area contributed by atoms with Crippen molar-refractivity contribution in [3.05, 3.63) is 46.8 Å². The SMILES string of the molecule is Cc1cccc(-n2nc(C)c(CN)c2C)c1. The average Bonchev–Trinajstić information content (AvgIpc) is 2.54. The molecule has 0 unspecified atom stereocenters. The maximum Gasteiger partial charge on any atom is 0.0651 e. The maximum absolute atomic E-state index is 5.72. The first-order chi connectivity index (χ1) is 7.63. The van der Waals surface area contributed by atoms with Crippen LogP contribution in [0.4, 0.5) is 0 Å². The Hall–Kier alpha value is -1.61. The van der Waals surface area contributed by atoms with Crippen LogP contribution in [0.25, 0.3) is 5.69 Å². The molecule has 3 heteroatoms. The number of benzene rings is 1. The summed E-state index contributed by atoms with van der Waals surface area (Å²) in [4.78, 5) is 0. The van der Waals surface area contributed by atoms with Crippen LogP contribution >= 0.6 is 0 Å². The molecule has 0 saturated heterocycles. The summed E-state index contributed by atoms with van der Waals surface area (Å²) >= 11 is 0. The van der Waals surface area contributed by atoms with Gasteiger partial charge in [-0.25, -0.2) is 4.68 Å². The number of aryl methyl sites for hydroxylation is 2. The van der Waals surface area contributed by atoms with E-state index in [9.17, 15) is 0 Å². The number of nitrogens with zero attached hydrogens (tertiary/aromatic N) is 2. The molecule has 2 rings (SSSR count). The van der Waals surface area contributed by atoms with Gasteiger partial charge in [0.05, 0.1) is 11.4 Å². The van der Waals surface area contributed by atoms with Crippen molar-refractivity contribution in [1.82, 2.24) is 9.78 Å². The molecule has 16 heavy (non-hydrogen) atoms. The number of hydrogen-bond acceptors (Lipinski definition) is 2. The molecule has 0 aliphatic heterocycles. The highest BCUT2D eigenvalue weighted by Gasteiger charge is 2.10. The lowest BCUT2D eigenvalue weighted by Gasteiger charge is -2.05. The second-order valence-corrected chi connectivity index (χ2v) is 4.10. The molecule has 0 amide bonds. The maximum atomic E-state index is 5.72. The highest BCUT2D eigenvalue weighted by molar-refractivity contribution is 5.39. The molecule has 0 spiro atoms. The van der Waals surface area contributed by atoms with E-state index < -0.39 is 0 Å². The van der Waals surface area contributed by atoms with Crippen molar-refractivity contribution < 1.29 is 0 Å². The third-order valence-corrected chi connectivity index (χ3v) is 2.89. The van der Waals surface area contributed by atoms with Crippen molar-refractivity contribution in [2.75, 3.05) is 0 Å². The normalized spacial score (nSPS) is 10.8. The Kier molecular flexibility index (Phi) is 2.79. The van der Waals surface area contributed by atoms with Crippen LogP contribution in [0.1, 0.15) is 22.5 Å². The van der Waals surface area contributed by atoms with Gasteiger partial charge >= 0.3 is 0 Å². The van der Waals surface area contributed by atoms with Crippen molar-refractivity contribution in [2.45, 2.75) is 27.3 Å². The summed E-state index contributed by atoms with van der Waals surface area (Å²) in [5.41, 5.74) is 11.3. The minimum absolute atomic E-state index is 0.545. The van der Waals surface area contributed by atoms with Gasteiger partial charge in [0.1, 0.15) is 0 Å². The first kappa shape index (κ1) is 10.9. The van der Waals surface area contributed by atoms with E-state index >= 15 is 0 Å². The van der Waals surface area contributed by atoms with Crippen LogP contribution in [0.2, 0.25) is 0 Å². The fraction of sp³-hybridized carbons (Fsp3) is 0.308. The predicted octanol–water partition coefficient (Wildman–Crippen LogP) is 2.26. The third kappa shape index (κ3) is 1.74. The van der Waals surface area contributed by atoms with Crippen molar-refractivity contribution in [3.8, 4) is 5.69 Å². The van der Waals surface area contributed by atoms with E-state index in [1.807, 2.05) is 17.7 Å². The van der Waals surface area contributed by atoms with Gasteiger partial charge in [-0.05, 0) is 38.5 Å². The molecule has 3 nitrogen and oxygen atoms in total. The van der Waals surface area contributed by atoms with E-state index in [4.69, 9.17) is 5.73 Å². The summed E-state index contributed by atoms with van der Waals surface area (Å²) in [6, 6.07) is 8.31. The van der Waals surface area contributed by atoms with Crippen LogP contribution < -0.4 is 5.73 Å². The van der Waals surface area contributed by atoms with E-state index in [1.165, 1.54) is 5.56 Å². The van der Waals surface area contributed by atoms with Gasteiger partial charge in [-0.15, -0.1) is 0 Å². The molecule has 0 atom stereocenters. The van der Waals surface area contributed by atoms with Gasteiger partial charge < -0.3 is 5.73 Å². The van der Waals surface area contributed by atoms with Crippen molar-refractivity contribution >= 4 is 0 Å². The van der Waals surface area contributed by atoms with E-state index in [2.05, 4.69) is 37.1 Å². The van der Waals surface area contributed by atoms with Crippen LogP contribution in [0.15, 0.2) is 24.3 Å². The molecule has 0 aliphatic carbocycles. The van der Waals surface area contributed by atoms with Crippen LogP contribution in [-0.4, -0.2) is 9.78 Å². The second kappa shape index (κ2) is 4.10. The Bertz CT molecular complexity index is 512. The fourth-order valence-electron chi connectivity index (χ4n) is 1.98. The Morgan fingerprint density at radius 1 is 1.25 bits per heavy atom. The summed E-state index contributed by atoms with van der Waals surface area (Å²) < 4.78 is 1.96. The summed E-state index contributed by atoms with van der Waals surface area (Å²) in [5, 5.41) is 4.53. The monoisotopic (exact) mass is 215 g/mol. The van der Waals surface area contributed by atoms with E-state index in [1.54, 1.807) is 0 Å². The van der Waals surface area contributed by atoms with Crippen molar-refractivity contribution in [1.29, 1.82) is 0 Å². The topological polar surface area (TPSA) is 43.8 Å². The average molecular weight is 215 g/mol. The summed E-state index contributed by atoms with van der Waals surface area (Å²) in [6.45, 7) is 6.69. The standard InChI is InChI=1S/C13H17N3/c1-9-5-4-6-12(7-9)16-11(3)13(8-14)10(2)15-16/h4-7H,8,14H2,1-3H3. The van der Waals surface area contributed by atoms with E-state index in [-0.39, 0.29) is 0 Å². The minimum Gasteiger partial charge on any atom is -0.326 e. The van der Waals surface area contributed by atoms with Crippen LogP contribution in [0.3, 0.4) is 0 Å². The molecule has 2 aromatic rings. The zero-order chi connectivity index (χ0) is 11.7. The molecule has 0 aliphatic rings. The molecule has 84 valence electrons. The van der Waals surface area contributed by atoms with Crippen LogP contribution in [-0.2, 0) is 6.54 Å². The number of rotatable bonds is 2. The van der Waals surface area contributed by atoms with Gasteiger partial charge in [0, 0.05) is 17.8 Å². The van der Waals surface area contributed by atoms with E-state index in [0.29, 0.717) is 6.54 Å². The zero-order valence-electron chi connectivity index (χ0n) is 9.99. The Morgan fingerprint density at radius 3 is 2.56 bits per heavy atom. The molecule has 0 radical (unpaired) electrons. The van der Waals surface area contributed by atoms with Gasteiger partial charge in [-0.1, -0.05) is 12.1 Å². The Morgan fingerprint density at radius 2 is 2.00 bits per heavy atom. The van der Waals surface area contributed by atoms with Crippen molar-refractivity contribution in [3.63, 3.8) is 0 Å². The van der Waals surface area contributed by atoms with Gasteiger partial charge in [-0.3, -0.25) is 0 Å². The number of hydrogen-bond donors (Lipinski definition) is 1. The Balaban J connectivity index is 2.56. The fourth-order valence-corrected chi connectivity index (χ4v) is 1.98. The molecular formula is C13H17N3. The predicted molar refractivity (Wildman–Crippen MR) is 65.7 cm³/mol. The zero-order valence-corrected chi connectivity index (χ0v) is 9.99. The highest BCUT2D eigenvalue weighted by atomic mass is 15.3. The first-order valence-corrected chi connectivity index (χ1v) is 5.45. The minimum atomic E-state index is 0.545. The molecule has 1 aromatic heterocycles. The quantitative estimate of drug-likeness (QED) is 0.835. The third-order valence-electron chi connectivity index (χ3n) is 2.89. The smallest absolute Gasteiger partial charge is 0.0651 e. The first-order valence-electron chi connectivity index (χ1n) is 5.45.